The molecule has 0 saturated heterocycles. The van der Waals surface area contributed by atoms with E-state index in [4.69, 9.17) is 0 Å². The molecule has 1 fully saturated rings. The van der Waals surface area contributed by atoms with Gasteiger partial charge in [0.05, 0.1) is 6.10 Å². The molecule has 0 heterocycles. The van der Waals surface area contributed by atoms with Crippen molar-refractivity contribution in [3.63, 3.8) is 0 Å². The standard InChI is InChI=1S/C9H18O.Si/c10-9-7-5-3-1-2-4-6-8-9;/h9-10H,1-8H2;/q;+4. The van der Waals surface area contributed by atoms with Gasteiger partial charge in [0, 0.05) is 0 Å². The second-order valence-corrected chi connectivity index (χ2v) is 3.35. The van der Waals surface area contributed by atoms with Gasteiger partial charge in [0.2, 0.25) is 0 Å². The Bertz CT molecular complexity index is 75.6. The summed E-state index contributed by atoms with van der Waals surface area (Å²) >= 11 is 0. The molecule has 11 heavy (non-hydrogen) atoms. The van der Waals surface area contributed by atoms with Gasteiger partial charge in [-0.25, -0.2) is 0 Å². The molecule has 0 aromatic carbocycles. The predicted molar refractivity (Wildman–Crippen MR) is 48.7 cm³/mol. The minimum atomic E-state index is 0. The summed E-state index contributed by atoms with van der Waals surface area (Å²) in [5, 5.41) is 9.34. The SMILES string of the molecule is OC1CCCCCCCC1.[Si+4]. The minimum absolute atomic E-state index is 0. The summed E-state index contributed by atoms with van der Waals surface area (Å²) in [5.41, 5.74) is 0. The molecule has 60 valence electrons. The Labute approximate surface area is 74.2 Å². The molecule has 1 aliphatic carbocycles. The van der Waals surface area contributed by atoms with Gasteiger partial charge in [0.25, 0.3) is 0 Å². The predicted octanol–water partition coefficient (Wildman–Crippen LogP) is 2.10. The van der Waals surface area contributed by atoms with Gasteiger partial charge in [0.15, 0.2) is 0 Å². The van der Waals surface area contributed by atoms with E-state index < -0.39 is 0 Å². The average molecular weight is 170 g/mol. The molecular formula is C9H18OSi+4. The van der Waals surface area contributed by atoms with Gasteiger partial charge in [-0.15, -0.1) is 0 Å². The molecule has 0 radical (unpaired) electrons. The van der Waals surface area contributed by atoms with Crippen LogP contribution in [0, 0.1) is 0 Å². The van der Waals surface area contributed by atoms with Crippen molar-refractivity contribution in [1.29, 1.82) is 0 Å². The third kappa shape index (κ3) is 5.45. The molecule has 1 rings (SSSR count). The Morgan fingerprint density at radius 3 is 1.55 bits per heavy atom. The van der Waals surface area contributed by atoms with Crippen LogP contribution in [0.4, 0.5) is 0 Å². The van der Waals surface area contributed by atoms with Gasteiger partial charge in [-0.05, 0) is 12.8 Å². The first kappa shape index (κ1) is 11.2. The molecule has 0 unspecified atom stereocenters. The largest absolute Gasteiger partial charge is 4.00 e. The second kappa shape index (κ2) is 6.86. The third-order valence-electron chi connectivity index (χ3n) is 2.32. The fraction of sp³-hybridized carbons (Fsp3) is 1.00. The molecule has 0 aliphatic heterocycles. The maximum Gasteiger partial charge on any atom is 4.00 e. The van der Waals surface area contributed by atoms with E-state index in [1.54, 1.807) is 0 Å². The zero-order valence-corrected chi connectivity index (χ0v) is 8.18. The van der Waals surface area contributed by atoms with Gasteiger partial charge < -0.3 is 5.11 Å². The van der Waals surface area contributed by atoms with Crippen LogP contribution in [-0.4, -0.2) is 22.2 Å². The van der Waals surface area contributed by atoms with E-state index in [1.165, 1.54) is 38.5 Å². The fourth-order valence-electron chi connectivity index (χ4n) is 1.61. The molecule has 1 nitrogen and oxygen atoms in total. The van der Waals surface area contributed by atoms with E-state index in [0.717, 1.165) is 12.8 Å². The first-order chi connectivity index (χ1) is 4.89. The first-order valence-electron chi connectivity index (χ1n) is 4.57. The van der Waals surface area contributed by atoms with Crippen LogP contribution in [0.5, 0.6) is 0 Å². The molecule has 0 amide bonds. The maximum atomic E-state index is 9.34. The summed E-state index contributed by atoms with van der Waals surface area (Å²) in [6.07, 6.45) is 9.99. The van der Waals surface area contributed by atoms with Crippen molar-refractivity contribution in [2.75, 3.05) is 0 Å². The normalized spacial score (nSPS) is 22.6. The van der Waals surface area contributed by atoms with Crippen molar-refractivity contribution >= 4 is 11.0 Å². The Hall–Kier alpha value is 0.177. The summed E-state index contributed by atoms with van der Waals surface area (Å²) in [4.78, 5) is 0. The van der Waals surface area contributed by atoms with Crippen molar-refractivity contribution in [3.05, 3.63) is 0 Å². The molecule has 1 aliphatic rings. The zero-order valence-electron chi connectivity index (χ0n) is 7.18. The molecule has 0 aromatic heterocycles. The third-order valence-corrected chi connectivity index (χ3v) is 2.32. The van der Waals surface area contributed by atoms with Gasteiger partial charge in [-0.1, -0.05) is 38.5 Å². The first-order valence-corrected chi connectivity index (χ1v) is 4.57. The van der Waals surface area contributed by atoms with Crippen LogP contribution in [-0.2, 0) is 0 Å². The Morgan fingerprint density at radius 1 is 0.727 bits per heavy atom. The maximum absolute atomic E-state index is 9.34. The molecular weight excluding hydrogens is 152 g/mol. The van der Waals surface area contributed by atoms with Gasteiger partial charge in [0.1, 0.15) is 0 Å². The van der Waals surface area contributed by atoms with Crippen LogP contribution in [0.15, 0.2) is 0 Å². The van der Waals surface area contributed by atoms with Crippen molar-refractivity contribution in [1.82, 2.24) is 0 Å². The smallest absolute Gasteiger partial charge is 0.393 e. The Morgan fingerprint density at radius 2 is 1.09 bits per heavy atom. The number of hydrogen-bond acceptors (Lipinski definition) is 1. The van der Waals surface area contributed by atoms with E-state index in [9.17, 15) is 5.11 Å². The van der Waals surface area contributed by atoms with Crippen molar-refractivity contribution in [2.24, 2.45) is 0 Å². The quantitative estimate of drug-likeness (QED) is 0.552. The molecule has 0 bridgehead atoms. The van der Waals surface area contributed by atoms with Crippen molar-refractivity contribution < 1.29 is 5.11 Å². The average Bonchev–Trinajstić information content (AvgIpc) is 2.02. The molecule has 0 aromatic rings. The van der Waals surface area contributed by atoms with Crippen LogP contribution >= 0.6 is 0 Å². The van der Waals surface area contributed by atoms with Crippen LogP contribution in [0.3, 0.4) is 0 Å². The number of aliphatic hydroxyl groups is 1. The van der Waals surface area contributed by atoms with E-state index in [2.05, 4.69) is 0 Å². The van der Waals surface area contributed by atoms with Crippen LogP contribution in [0.2, 0.25) is 0 Å². The summed E-state index contributed by atoms with van der Waals surface area (Å²) in [6.45, 7) is 0. The van der Waals surface area contributed by atoms with E-state index in [0.29, 0.717) is 0 Å². The van der Waals surface area contributed by atoms with Crippen molar-refractivity contribution in [2.45, 2.75) is 57.5 Å². The van der Waals surface area contributed by atoms with E-state index in [1.807, 2.05) is 0 Å². The summed E-state index contributed by atoms with van der Waals surface area (Å²) in [6, 6.07) is 0. The number of hydrogen-bond donors (Lipinski definition) is 1. The van der Waals surface area contributed by atoms with E-state index >= 15 is 0 Å². The number of aliphatic hydroxyl groups excluding tert-OH is 1. The topological polar surface area (TPSA) is 20.2 Å². The van der Waals surface area contributed by atoms with Crippen LogP contribution in [0.25, 0.3) is 0 Å². The van der Waals surface area contributed by atoms with Crippen LogP contribution in [0.1, 0.15) is 51.4 Å². The Balaban J connectivity index is 0.000001000. The molecule has 1 saturated carbocycles. The fourth-order valence-corrected chi connectivity index (χ4v) is 1.61. The zero-order chi connectivity index (χ0) is 7.23. The van der Waals surface area contributed by atoms with Gasteiger partial charge >= 0.3 is 11.0 Å². The molecule has 1 N–H and O–H groups in total. The molecule has 0 atom stereocenters. The van der Waals surface area contributed by atoms with Gasteiger partial charge in [-0.2, -0.15) is 0 Å². The minimum Gasteiger partial charge on any atom is -0.393 e. The van der Waals surface area contributed by atoms with Crippen LogP contribution < -0.4 is 0 Å². The Kier molecular flexibility index (Phi) is 6.97. The number of rotatable bonds is 0. The summed E-state index contributed by atoms with van der Waals surface area (Å²) in [5.74, 6) is 0. The van der Waals surface area contributed by atoms with Gasteiger partial charge in [-0.3, -0.25) is 0 Å². The molecule has 2 heteroatoms. The van der Waals surface area contributed by atoms with E-state index in [-0.39, 0.29) is 17.1 Å². The summed E-state index contributed by atoms with van der Waals surface area (Å²) in [7, 11) is 0. The monoisotopic (exact) mass is 170 g/mol. The second-order valence-electron chi connectivity index (χ2n) is 3.35. The summed E-state index contributed by atoms with van der Waals surface area (Å²) < 4.78 is 0. The molecule has 0 spiro atoms. The van der Waals surface area contributed by atoms with Crippen molar-refractivity contribution in [3.8, 4) is 0 Å².